The van der Waals surface area contributed by atoms with Crippen molar-refractivity contribution in [2.24, 2.45) is 5.92 Å². The highest BCUT2D eigenvalue weighted by molar-refractivity contribution is 5.73. The van der Waals surface area contributed by atoms with Crippen LogP contribution in [0.2, 0.25) is 0 Å². The van der Waals surface area contributed by atoms with Gasteiger partial charge in [-0.05, 0) is 31.7 Å². The van der Waals surface area contributed by atoms with Gasteiger partial charge in [-0.25, -0.2) is 9.97 Å². The lowest BCUT2D eigenvalue weighted by molar-refractivity contribution is -0.148. The van der Waals surface area contributed by atoms with Gasteiger partial charge in [0.2, 0.25) is 0 Å². The summed E-state index contributed by atoms with van der Waals surface area (Å²) in [6, 6.07) is 0. The molecule has 0 aliphatic heterocycles. The Balaban J connectivity index is 2.13. The summed E-state index contributed by atoms with van der Waals surface area (Å²) in [6.45, 7) is 6.47. The van der Waals surface area contributed by atoms with Crippen LogP contribution in [-0.4, -0.2) is 22.5 Å². The molecule has 0 N–H and O–H groups in total. The second kappa shape index (κ2) is 5.46. The van der Waals surface area contributed by atoms with E-state index in [2.05, 4.69) is 23.8 Å². The fourth-order valence-electron chi connectivity index (χ4n) is 2.26. The van der Waals surface area contributed by atoms with Crippen molar-refractivity contribution in [3.63, 3.8) is 0 Å². The lowest BCUT2D eigenvalue weighted by Gasteiger charge is -2.22. The van der Waals surface area contributed by atoms with Gasteiger partial charge >= 0.3 is 5.97 Å². The van der Waals surface area contributed by atoms with Gasteiger partial charge in [-0.15, -0.1) is 0 Å². The van der Waals surface area contributed by atoms with Crippen LogP contribution in [0.25, 0.3) is 0 Å². The maximum atomic E-state index is 11.7. The topological polar surface area (TPSA) is 52.1 Å². The predicted octanol–water partition coefficient (Wildman–Crippen LogP) is 2.27. The fourth-order valence-corrected chi connectivity index (χ4v) is 2.26. The van der Waals surface area contributed by atoms with E-state index in [1.54, 1.807) is 0 Å². The van der Waals surface area contributed by atoms with Crippen LogP contribution in [0.15, 0.2) is 6.20 Å². The number of rotatable bonds is 3. The second-order valence-corrected chi connectivity index (χ2v) is 5.05. The third kappa shape index (κ3) is 2.68. The van der Waals surface area contributed by atoms with Crippen molar-refractivity contribution >= 4 is 5.97 Å². The molecule has 4 nitrogen and oxygen atoms in total. The van der Waals surface area contributed by atoms with Gasteiger partial charge in [-0.3, -0.25) is 4.79 Å². The molecule has 1 heterocycles. The predicted molar refractivity (Wildman–Crippen MR) is 68.3 cm³/mol. The molecule has 0 saturated heterocycles. The van der Waals surface area contributed by atoms with Gasteiger partial charge in [0.05, 0.1) is 12.5 Å². The summed E-state index contributed by atoms with van der Waals surface area (Å²) < 4.78 is 5.08. The molecule has 0 radical (unpaired) electrons. The van der Waals surface area contributed by atoms with Crippen molar-refractivity contribution in [3.05, 3.63) is 23.3 Å². The van der Waals surface area contributed by atoms with E-state index in [1.165, 1.54) is 0 Å². The quantitative estimate of drug-likeness (QED) is 0.770. The summed E-state index contributed by atoms with van der Waals surface area (Å²) in [4.78, 5) is 20.7. The summed E-state index contributed by atoms with van der Waals surface area (Å²) in [5, 5.41) is 0. The number of aromatic nitrogens is 2. The number of nitrogens with zero attached hydrogens (tertiary/aromatic N) is 2. The Morgan fingerprint density at radius 3 is 3.00 bits per heavy atom. The van der Waals surface area contributed by atoms with Crippen molar-refractivity contribution in [2.75, 3.05) is 6.61 Å². The molecular weight excluding hydrogens is 228 g/mol. The smallest absolute Gasteiger partial charge is 0.309 e. The highest BCUT2D eigenvalue weighted by atomic mass is 16.5. The van der Waals surface area contributed by atoms with Gasteiger partial charge in [0.25, 0.3) is 0 Å². The summed E-state index contributed by atoms with van der Waals surface area (Å²) in [5.41, 5.74) is 2.21. The summed E-state index contributed by atoms with van der Waals surface area (Å²) in [7, 11) is 0. The Hall–Kier alpha value is -1.45. The molecule has 4 heteroatoms. The van der Waals surface area contributed by atoms with Crippen molar-refractivity contribution in [1.29, 1.82) is 0 Å². The van der Waals surface area contributed by atoms with E-state index in [0.717, 1.165) is 29.9 Å². The minimum absolute atomic E-state index is 0.0223. The molecule has 1 atom stereocenters. The summed E-state index contributed by atoms with van der Waals surface area (Å²) >= 11 is 0. The Labute approximate surface area is 108 Å². The zero-order valence-electron chi connectivity index (χ0n) is 11.3. The third-order valence-electron chi connectivity index (χ3n) is 3.31. The van der Waals surface area contributed by atoms with Gasteiger partial charge in [0.1, 0.15) is 5.82 Å². The summed E-state index contributed by atoms with van der Waals surface area (Å²) in [5.74, 6) is 1.13. The van der Waals surface area contributed by atoms with Crippen LogP contribution in [0, 0.1) is 5.92 Å². The average molecular weight is 248 g/mol. The first kappa shape index (κ1) is 13.0. The molecular formula is C14H20N2O2. The standard InChI is InChI=1S/C14H20N2O2/c1-4-18-14(17)10-5-6-12-11(7-10)8-15-13(16-12)9(2)3/h8-10H,4-7H2,1-3H3. The minimum atomic E-state index is -0.0870. The molecule has 1 aromatic rings. The Bertz CT molecular complexity index is 443. The zero-order valence-corrected chi connectivity index (χ0v) is 11.3. The molecule has 0 bridgehead atoms. The molecule has 0 saturated carbocycles. The molecule has 0 amide bonds. The Morgan fingerprint density at radius 1 is 1.56 bits per heavy atom. The number of carbonyl (C=O) groups is 1. The van der Waals surface area contributed by atoms with Crippen molar-refractivity contribution in [1.82, 2.24) is 9.97 Å². The minimum Gasteiger partial charge on any atom is -0.466 e. The average Bonchev–Trinajstić information content (AvgIpc) is 2.37. The zero-order chi connectivity index (χ0) is 13.1. The van der Waals surface area contributed by atoms with E-state index >= 15 is 0 Å². The lowest BCUT2D eigenvalue weighted by Crippen LogP contribution is -2.25. The number of hydrogen-bond acceptors (Lipinski definition) is 4. The molecule has 98 valence electrons. The highest BCUT2D eigenvalue weighted by Gasteiger charge is 2.27. The summed E-state index contributed by atoms with van der Waals surface area (Å²) in [6.07, 6.45) is 4.27. The van der Waals surface area contributed by atoms with Crippen LogP contribution >= 0.6 is 0 Å². The molecule has 0 spiro atoms. The number of fused-ring (bicyclic) bond motifs is 1. The number of carbonyl (C=O) groups excluding carboxylic acids is 1. The molecule has 1 aliphatic carbocycles. The van der Waals surface area contributed by atoms with Gasteiger partial charge in [0, 0.05) is 17.8 Å². The number of ether oxygens (including phenoxy) is 1. The van der Waals surface area contributed by atoms with E-state index in [9.17, 15) is 4.79 Å². The van der Waals surface area contributed by atoms with Crippen LogP contribution in [0.3, 0.4) is 0 Å². The lowest BCUT2D eigenvalue weighted by atomic mass is 9.87. The highest BCUT2D eigenvalue weighted by Crippen LogP contribution is 2.25. The van der Waals surface area contributed by atoms with Crippen LogP contribution in [0.5, 0.6) is 0 Å². The van der Waals surface area contributed by atoms with Gasteiger partial charge in [0.15, 0.2) is 0 Å². The third-order valence-corrected chi connectivity index (χ3v) is 3.31. The van der Waals surface area contributed by atoms with Crippen molar-refractivity contribution < 1.29 is 9.53 Å². The fraction of sp³-hybridized carbons (Fsp3) is 0.643. The maximum Gasteiger partial charge on any atom is 0.309 e. The van der Waals surface area contributed by atoms with E-state index < -0.39 is 0 Å². The molecule has 1 unspecified atom stereocenters. The first-order valence-electron chi connectivity index (χ1n) is 6.63. The van der Waals surface area contributed by atoms with Gasteiger partial charge < -0.3 is 4.74 Å². The SMILES string of the molecule is CCOC(=O)C1CCc2nc(C(C)C)ncc2C1. The van der Waals surface area contributed by atoms with E-state index in [4.69, 9.17) is 4.74 Å². The van der Waals surface area contributed by atoms with Gasteiger partial charge in [-0.1, -0.05) is 13.8 Å². The molecule has 0 aromatic carbocycles. The van der Waals surface area contributed by atoms with Crippen LogP contribution in [-0.2, 0) is 22.4 Å². The van der Waals surface area contributed by atoms with Gasteiger partial charge in [-0.2, -0.15) is 0 Å². The normalized spacial score (nSPS) is 18.6. The number of hydrogen-bond donors (Lipinski definition) is 0. The molecule has 1 aliphatic rings. The molecule has 2 rings (SSSR count). The van der Waals surface area contributed by atoms with Crippen LogP contribution < -0.4 is 0 Å². The Morgan fingerprint density at radius 2 is 2.33 bits per heavy atom. The van der Waals surface area contributed by atoms with E-state index in [-0.39, 0.29) is 11.9 Å². The molecule has 1 aromatic heterocycles. The van der Waals surface area contributed by atoms with Crippen LogP contribution in [0.1, 0.15) is 50.2 Å². The first-order valence-corrected chi connectivity index (χ1v) is 6.63. The molecule has 18 heavy (non-hydrogen) atoms. The van der Waals surface area contributed by atoms with Crippen molar-refractivity contribution in [2.45, 2.75) is 46.0 Å². The van der Waals surface area contributed by atoms with E-state index in [1.807, 2.05) is 13.1 Å². The van der Waals surface area contributed by atoms with Crippen molar-refractivity contribution in [3.8, 4) is 0 Å². The van der Waals surface area contributed by atoms with Crippen LogP contribution in [0.4, 0.5) is 0 Å². The Kier molecular flexibility index (Phi) is 3.94. The monoisotopic (exact) mass is 248 g/mol. The largest absolute Gasteiger partial charge is 0.466 e. The number of aryl methyl sites for hydroxylation is 1. The number of esters is 1. The maximum absolute atomic E-state index is 11.7. The van der Waals surface area contributed by atoms with E-state index in [0.29, 0.717) is 18.9 Å². The molecule has 0 fully saturated rings. The first-order chi connectivity index (χ1) is 8.61. The second-order valence-electron chi connectivity index (χ2n) is 5.05.